The van der Waals surface area contributed by atoms with Crippen LogP contribution < -0.4 is 10.1 Å². The molecule has 1 aliphatic heterocycles. The molecule has 0 aromatic heterocycles. The highest BCUT2D eigenvalue weighted by molar-refractivity contribution is 6.30. The summed E-state index contributed by atoms with van der Waals surface area (Å²) in [7, 11) is 0. The Morgan fingerprint density at radius 3 is 2.46 bits per heavy atom. The van der Waals surface area contributed by atoms with Gasteiger partial charge in [0.2, 0.25) is 0 Å². The maximum Gasteiger partial charge on any atom is 0.261 e. The molecule has 0 unspecified atom stereocenters. The van der Waals surface area contributed by atoms with Crippen LogP contribution in [0.15, 0.2) is 48.5 Å². The highest BCUT2D eigenvalue weighted by atomic mass is 35.5. The van der Waals surface area contributed by atoms with Crippen LogP contribution in [-0.2, 0) is 17.9 Å². The third-order valence-corrected chi connectivity index (χ3v) is 4.91. The van der Waals surface area contributed by atoms with Gasteiger partial charge < -0.3 is 10.1 Å². The van der Waals surface area contributed by atoms with E-state index in [9.17, 15) is 4.79 Å². The number of amides is 1. The van der Waals surface area contributed by atoms with Crippen molar-refractivity contribution >= 4 is 17.5 Å². The fraction of sp³-hybridized carbons (Fsp3) is 0.381. The lowest BCUT2D eigenvalue weighted by Crippen LogP contribution is -2.36. The monoisotopic (exact) mass is 372 g/mol. The smallest absolute Gasteiger partial charge is 0.261 e. The molecule has 0 bridgehead atoms. The second kappa shape index (κ2) is 9.06. The zero-order chi connectivity index (χ0) is 18.4. The van der Waals surface area contributed by atoms with Crippen LogP contribution in [0, 0.1) is 0 Å². The van der Waals surface area contributed by atoms with E-state index in [1.165, 1.54) is 18.4 Å². The molecule has 0 aliphatic carbocycles. The van der Waals surface area contributed by atoms with Crippen LogP contribution in [-0.4, -0.2) is 30.0 Å². The predicted molar refractivity (Wildman–Crippen MR) is 104 cm³/mol. The summed E-state index contributed by atoms with van der Waals surface area (Å²) in [5.41, 5.74) is 2.44. The highest BCUT2D eigenvalue weighted by Crippen LogP contribution is 2.18. The zero-order valence-corrected chi connectivity index (χ0v) is 15.8. The molecule has 138 valence electrons. The van der Waals surface area contributed by atoms with Gasteiger partial charge >= 0.3 is 0 Å². The number of hydrogen-bond donors (Lipinski definition) is 1. The van der Waals surface area contributed by atoms with Gasteiger partial charge in [-0.2, -0.15) is 0 Å². The summed E-state index contributed by atoms with van der Waals surface area (Å²) in [5, 5.41) is 3.63. The number of nitrogens with one attached hydrogen (secondary N) is 1. The number of ether oxygens (including phenoxy) is 1. The van der Waals surface area contributed by atoms with Crippen molar-refractivity contribution in [3.05, 3.63) is 64.7 Å². The van der Waals surface area contributed by atoms with E-state index in [0.29, 0.717) is 17.3 Å². The van der Waals surface area contributed by atoms with E-state index < -0.39 is 6.10 Å². The highest BCUT2D eigenvalue weighted by Gasteiger charge is 2.16. The van der Waals surface area contributed by atoms with Crippen molar-refractivity contribution in [2.45, 2.75) is 39.0 Å². The third-order valence-electron chi connectivity index (χ3n) is 4.66. The summed E-state index contributed by atoms with van der Waals surface area (Å²) in [5.74, 6) is 0.502. The second-order valence-corrected chi connectivity index (χ2v) is 7.12. The first-order chi connectivity index (χ1) is 12.6. The maximum atomic E-state index is 12.4. The number of likely N-dealkylation sites (tertiary alicyclic amines) is 1. The molecular formula is C21H25ClN2O2. The number of halogens is 1. The number of hydrogen-bond acceptors (Lipinski definition) is 3. The molecule has 0 saturated carbocycles. The van der Waals surface area contributed by atoms with Crippen molar-refractivity contribution in [2.24, 2.45) is 0 Å². The average Bonchev–Trinajstić information content (AvgIpc) is 3.15. The second-order valence-electron chi connectivity index (χ2n) is 6.68. The van der Waals surface area contributed by atoms with Gasteiger partial charge in [0.1, 0.15) is 5.75 Å². The average molecular weight is 373 g/mol. The first-order valence-electron chi connectivity index (χ1n) is 9.11. The van der Waals surface area contributed by atoms with Gasteiger partial charge in [-0.1, -0.05) is 35.9 Å². The van der Waals surface area contributed by atoms with Gasteiger partial charge in [0, 0.05) is 18.1 Å². The Kier molecular flexibility index (Phi) is 6.53. The Labute approximate surface area is 160 Å². The van der Waals surface area contributed by atoms with Crippen LogP contribution in [0.5, 0.6) is 5.75 Å². The molecule has 0 spiro atoms. The van der Waals surface area contributed by atoms with Crippen LogP contribution in [0.2, 0.25) is 5.02 Å². The Morgan fingerprint density at radius 1 is 1.12 bits per heavy atom. The Balaban J connectivity index is 1.54. The summed E-state index contributed by atoms with van der Waals surface area (Å²) in [6.45, 7) is 5.53. The normalized spacial score (nSPS) is 15.6. The van der Waals surface area contributed by atoms with Gasteiger partial charge in [-0.05, 0) is 68.2 Å². The molecule has 1 heterocycles. The zero-order valence-electron chi connectivity index (χ0n) is 15.1. The molecule has 1 aliphatic rings. The summed E-state index contributed by atoms with van der Waals surface area (Å²) in [4.78, 5) is 14.8. The number of carbonyl (C=O) groups is 1. The maximum absolute atomic E-state index is 12.4. The van der Waals surface area contributed by atoms with Crippen LogP contribution in [0.1, 0.15) is 30.9 Å². The molecule has 2 aromatic carbocycles. The van der Waals surface area contributed by atoms with E-state index in [-0.39, 0.29) is 5.91 Å². The SMILES string of the molecule is C[C@@H](Oc1ccc(Cl)cc1)C(=O)NCc1ccccc1CN1CCCC1. The molecule has 2 aromatic rings. The van der Waals surface area contributed by atoms with E-state index in [1.54, 1.807) is 31.2 Å². The minimum atomic E-state index is -0.568. The topological polar surface area (TPSA) is 41.6 Å². The van der Waals surface area contributed by atoms with Crippen molar-refractivity contribution in [1.29, 1.82) is 0 Å². The van der Waals surface area contributed by atoms with Crippen LogP contribution in [0.4, 0.5) is 0 Å². The Hall–Kier alpha value is -2.04. The Bertz CT molecular complexity index is 727. The van der Waals surface area contributed by atoms with Gasteiger partial charge in [-0.15, -0.1) is 0 Å². The molecule has 3 rings (SSSR count). The minimum absolute atomic E-state index is 0.129. The van der Waals surface area contributed by atoms with E-state index in [0.717, 1.165) is 25.2 Å². The number of benzene rings is 2. The number of carbonyl (C=O) groups excluding carboxylic acids is 1. The minimum Gasteiger partial charge on any atom is -0.481 e. The van der Waals surface area contributed by atoms with Crippen molar-refractivity contribution in [2.75, 3.05) is 13.1 Å². The van der Waals surface area contributed by atoms with Gasteiger partial charge in [0.15, 0.2) is 6.10 Å². The molecule has 4 nitrogen and oxygen atoms in total. The van der Waals surface area contributed by atoms with Crippen LogP contribution >= 0.6 is 11.6 Å². The van der Waals surface area contributed by atoms with Crippen molar-refractivity contribution in [1.82, 2.24) is 10.2 Å². The van der Waals surface area contributed by atoms with E-state index in [1.807, 2.05) is 6.07 Å². The summed E-state index contributed by atoms with van der Waals surface area (Å²) < 4.78 is 5.68. The van der Waals surface area contributed by atoms with Crippen molar-refractivity contribution < 1.29 is 9.53 Å². The lowest BCUT2D eigenvalue weighted by molar-refractivity contribution is -0.127. The van der Waals surface area contributed by atoms with Crippen molar-refractivity contribution in [3.63, 3.8) is 0 Å². The lowest BCUT2D eigenvalue weighted by atomic mass is 10.1. The Morgan fingerprint density at radius 2 is 1.77 bits per heavy atom. The lowest BCUT2D eigenvalue weighted by Gasteiger charge is -2.19. The molecule has 5 heteroatoms. The fourth-order valence-electron chi connectivity index (χ4n) is 3.16. The molecule has 1 N–H and O–H groups in total. The van der Waals surface area contributed by atoms with Gasteiger partial charge in [0.25, 0.3) is 5.91 Å². The predicted octanol–water partition coefficient (Wildman–Crippen LogP) is 4.02. The summed E-state index contributed by atoms with van der Waals surface area (Å²) in [6, 6.07) is 15.3. The molecule has 26 heavy (non-hydrogen) atoms. The molecule has 1 fully saturated rings. The quantitative estimate of drug-likeness (QED) is 0.798. The first-order valence-corrected chi connectivity index (χ1v) is 9.48. The van der Waals surface area contributed by atoms with E-state index in [2.05, 4.69) is 28.4 Å². The molecule has 0 radical (unpaired) electrons. The van der Waals surface area contributed by atoms with Crippen molar-refractivity contribution in [3.8, 4) is 5.75 Å². The largest absolute Gasteiger partial charge is 0.481 e. The van der Waals surface area contributed by atoms with E-state index in [4.69, 9.17) is 16.3 Å². The van der Waals surface area contributed by atoms with Crippen LogP contribution in [0.25, 0.3) is 0 Å². The number of nitrogens with zero attached hydrogens (tertiary/aromatic N) is 1. The van der Waals surface area contributed by atoms with E-state index >= 15 is 0 Å². The molecule has 1 amide bonds. The number of rotatable bonds is 7. The van der Waals surface area contributed by atoms with Crippen LogP contribution in [0.3, 0.4) is 0 Å². The first kappa shape index (κ1) is 18.7. The summed E-state index contributed by atoms with van der Waals surface area (Å²) >= 11 is 5.87. The molecular weight excluding hydrogens is 348 g/mol. The van der Waals surface area contributed by atoms with Gasteiger partial charge in [0.05, 0.1) is 0 Å². The molecule has 1 saturated heterocycles. The third kappa shape index (κ3) is 5.23. The van der Waals surface area contributed by atoms with Gasteiger partial charge in [-0.3, -0.25) is 9.69 Å². The van der Waals surface area contributed by atoms with Gasteiger partial charge in [-0.25, -0.2) is 0 Å². The molecule has 1 atom stereocenters. The summed E-state index contributed by atoms with van der Waals surface area (Å²) in [6.07, 6.45) is 1.98. The fourth-order valence-corrected chi connectivity index (χ4v) is 3.29. The standard InChI is InChI=1S/C21H25ClN2O2/c1-16(26-20-10-8-19(22)9-11-20)21(25)23-14-17-6-2-3-7-18(17)15-24-12-4-5-13-24/h2-3,6-11,16H,4-5,12-15H2,1H3,(H,23,25)/t16-/m1/s1.